The van der Waals surface area contributed by atoms with E-state index in [-0.39, 0.29) is 37.4 Å². The predicted molar refractivity (Wildman–Crippen MR) is 98.2 cm³/mol. The summed E-state index contributed by atoms with van der Waals surface area (Å²) in [6.07, 6.45) is 19.6. The summed E-state index contributed by atoms with van der Waals surface area (Å²) in [5.74, 6) is -0.893. The van der Waals surface area contributed by atoms with Crippen LogP contribution in [0.4, 0.5) is 0 Å². The van der Waals surface area contributed by atoms with Gasteiger partial charge in [0.1, 0.15) is 0 Å². The Morgan fingerprint density at radius 1 is 0.880 bits per heavy atom. The van der Waals surface area contributed by atoms with Crippen molar-refractivity contribution in [3.05, 3.63) is 12.2 Å². The van der Waals surface area contributed by atoms with E-state index in [1.807, 2.05) is 0 Å². The molecule has 0 bridgehead atoms. The molecule has 0 spiro atoms. The topological polar surface area (TPSA) is 80.7 Å². The molecule has 0 rings (SSSR count). The Bertz CT molecular complexity index is 441. The Hall–Kier alpha value is 0.120. The van der Waals surface area contributed by atoms with Crippen LogP contribution >= 0.6 is 0 Å². The SMILES string of the molecule is CCCCCCCC/C=C\CCCCCCCC(=O)OS(=O)(=O)O.[H-].[Na+]. The third-order valence-electron chi connectivity index (χ3n) is 3.84. The van der Waals surface area contributed by atoms with Crippen LogP contribution in [0.2, 0.25) is 0 Å². The molecule has 0 saturated carbocycles. The Morgan fingerprint density at radius 3 is 1.80 bits per heavy atom. The zero-order chi connectivity index (χ0) is 18.1. The summed E-state index contributed by atoms with van der Waals surface area (Å²) in [5, 5.41) is 0. The average molecular weight is 387 g/mol. The van der Waals surface area contributed by atoms with Crippen LogP contribution in [-0.2, 0) is 19.4 Å². The van der Waals surface area contributed by atoms with Gasteiger partial charge in [-0.1, -0.05) is 70.4 Å². The van der Waals surface area contributed by atoms with E-state index < -0.39 is 16.4 Å². The molecule has 0 aliphatic carbocycles. The molecule has 0 heterocycles. The summed E-state index contributed by atoms with van der Waals surface area (Å²) in [6.45, 7) is 2.24. The number of carbonyl (C=O) groups excluding carboxylic acids is 1. The molecule has 0 aromatic heterocycles. The Labute approximate surface area is 177 Å². The largest absolute Gasteiger partial charge is 1.00 e. The first-order valence-electron chi connectivity index (χ1n) is 9.30. The predicted octanol–water partition coefficient (Wildman–Crippen LogP) is 2.49. The number of unbranched alkanes of at least 4 members (excludes halogenated alkanes) is 11. The number of carbonyl (C=O) groups is 1. The van der Waals surface area contributed by atoms with Gasteiger partial charge in [0, 0.05) is 6.42 Å². The van der Waals surface area contributed by atoms with Gasteiger partial charge in [0.05, 0.1) is 0 Å². The fourth-order valence-electron chi connectivity index (χ4n) is 2.50. The number of allylic oxidation sites excluding steroid dienone is 2. The second-order valence-electron chi connectivity index (χ2n) is 6.22. The van der Waals surface area contributed by atoms with E-state index in [0.717, 1.165) is 32.1 Å². The minimum atomic E-state index is -4.65. The quantitative estimate of drug-likeness (QED) is 0.191. The van der Waals surface area contributed by atoms with Gasteiger partial charge in [0.25, 0.3) is 0 Å². The van der Waals surface area contributed by atoms with Gasteiger partial charge < -0.3 is 5.61 Å². The van der Waals surface area contributed by atoms with Crippen LogP contribution in [0.3, 0.4) is 0 Å². The molecular formula is C18H35NaO5S. The Morgan fingerprint density at radius 2 is 1.32 bits per heavy atom. The maximum atomic E-state index is 11.0. The molecule has 0 radical (unpaired) electrons. The van der Waals surface area contributed by atoms with Crippen LogP contribution in [0.5, 0.6) is 0 Å². The van der Waals surface area contributed by atoms with Crippen LogP contribution in [-0.4, -0.2) is 18.9 Å². The van der Waals surface area contributed by atoms with Gasteiger partial charge >= 0.3 is 45.9 Å². The van der Waals surface area contributed by atoms with Gasteiger partial charge in [-0.2, -0.15) is 8.42 Å². The van der Waals surface area contributed by atoms with E-state index in [1.54, 1.807) is 0 Å². The minimum absolute atomic E-state index is 0. The van der Waals surface area contributed by atoms with Crippen LogP contribution in [0, 0.1) is 0 Å². The van der Waals surface area contributed by atoms with E-state index in [4.69, 9.17) is 4.55 Å². The van der Waals surface area contributed by atoms with Crippen molar-refractivity contribution in [3.8, 4) is 0 Å². The average Bonchev–Trinajstić information content (AvgIpc) is 2.49. The zero-order valence-electron chi connectivity index (χ0n) is 17.0. The monoisotopic (exact) mass is 386 g/mol. The summed E-state index contributed by atoms with van der Waals surface area (Å²) in [7, 11) is -4.65. The first-order valence-corrected chi connectivity index (χ1v) is 10.7. The molecule has 0 amide bonds. The van der Waals surface area contributed by atoms with E-state index in [1.165, 1.54) is 44.9 Å². The molecule has 144 valence electrons. The molecule has 0 aromatic rings. The van der Waals surface area contributed by atoms with Gasteiger partial charge in [-0.3, -0.25) is 9.35 Å². The fourth-order valence-corrected chi connectivity index (χ4v) is 2.82. The Kier molecular flexibility index (Phi) is 20.7. The van der Waals surface area contributed by atoms with Crippen molar-refractivity contribution in [1.29, 1.82) is 0 Å². The van der Waals surface area contributed by atoms with Gasteiger partial charge in [-0.05, 0) is 32.1 Å². The van der Waals surface area contributed by atoms with Crippen LogP contribution in [0.25, 0.3) is 0 Å². The normalized spacial score (nSPS) is 11.4. The molecule has 0 saturated heterocycles. The van der Waals surface area contributed by atoms with E-state index in [0.29, 0.717) is 6.42 Å². The summed E-state index contributed by atoms with van der Waals surface area (Å²) in [4.78, 5) is 11.0. The molecule has 0 aromatic carbocycles. The van der Waals surface area contributed by atoms with Crippen LogP contribution in [0.15, 0.2) is 12.2 Å². The van der Waals surface area contributed by atoms with E-state index >= 15 is 0 Å². The van der Waals surface area contributed by atoms with E-state index in [9.17, 15) is 13.2 Å². The molecule has 7 heteroatoms. The molecule has 0 atom stereocenters. The maximum absolute atomic E-state index is 11.0. The standard InChI is InChI=1S/C18H34O5S.Na.H/c1-2-3-4-5-6-7-8-9-10-11-12-13-14-15-16-17-18(19)23-24(20,21)22;;/h9-10H,2-8,11-17H2,1H3,(H,20,21,22);;/q;+1;-1/b10-9-;;. The smallest absolute Gasteiger partial charge is 1.00 e. The van der Waals surface area contributed by atoms with Crippen molar-refractivity contribution in [2.24, 2.45) is 0 Å². The van der Waals surface area contributed by atoms with Crippen molar-refractivity contribution < 1.29 is 52.9 Å². The van der Waals surface area contributed by atoms with Gasteiger partial charge in [0.15, 0.2) is 0 Å². The van der Waals surface area contributed by atoms with Crippen molar-refractivity contribution >= 4 is 16.4 Å². The number of rotatable bonds is 16. The first-order chi connectivity index (χ1) is 11.5. The first kappa shape index (κ1) is 27.3. The number of hydrogen-bond donors (Lipinski definition) is 1. The second kappa shape index (κ2) is 18.9. The number of hydrogen-bond acceptors (Lipinski definition) is 4. The molecule has 25 heavy (non-hydrogen) atoms. The Balaban J connectivity index is -0.00000264. The molecule has 0 fully saturated rings. The summed E-state index contributed by atoms with van der Waals surface area (Å²) in [5.41, 5.74) is 0. The van der Waals surface area contributed by atoms with Gasteiger partial charge in [-0.15, -0.1) is 0 Å². The van der Waals surface area contributed by atoms with Gasteiger partial charge in [-0.25, -0.2) is 0 Å². The van der Waals surface area contributed by atoms with Gasteiger partial charge in [0.2, 0.25) is 0 Å². The zero-order valence-corrected chi connectivity index (χ0v) is 18.9. The molecule has 0 unspecified atom stereocenters. The second-order valence-corrected chi connectivity index (χ2v) is 7.24. The van der Waals surface area contributed by atoms with Crippen LogP contribution in [0.1, 0.15) is 98.2 Å². The van der Waals surface area contributed by atoms with Crippen molar-refractivity contribution in [3.63, 3.8) is 0 Å². The van der Waals surface area contributed by atoms with Crippen molar-refractivity contribution in [2.45, 2.75) is 96.8 Å². The maximum Gasteiger partial charge on any atom is 1.00 e. The molecule has 0 aliphatic rings. The minimum Gasteiger partial charge on any atom is -1.00 e. The molecule has 5 nitrogen and oxygen atoms in total. The van der Waals surface area contributed by atoms with Crippen molar-refractivity contribution in [2.75, 3.05) is 0 Å². The third kappa shape index (κ3) is 24.1. The molecular weight excluding hydrogens is 351 g/mol. The fraction of sp³-hybridized carbons (Fsp3) is 0.833. The summed E-state index contributed by atoms with van der Waals surface area (Å²) < 4.78 is 32.8. The molecule has 0 aliphatic heterocycles. The molecule has 1 N–H and O–H groups in total. The summed E-state index contributed by atoms with van der Waals surface area (Å²) >= 11 is 0. The van der Waals surface area contributed by atoms with E-state index in [2.05, 4.69) is 23.3 Å². The third-order valence-corrected chi connectivity index (χ3v) is 4.24. The van der Waals surface area contributed by atoms with Crippen LogP contribution < -0.4 is 29.6 Å². The summed E-state index contributed by atoms with van der Waals surface area (Å²) in [6, 6.07) is 0. The van der Waals surface area contributed by atoms with Crippen molar-refractivity contribution in [1.82, 2.24) is 0 Å².